The SMILES string of the molecule is CN1CC(C(=O)Nc2cccc(C(F)(F)F)c2)CC1C1CCN(C(=O)C(C)(C)N)CC1. The van der Waals surface area contributed by atoms with Crippen molar-refractivity contribution < 1.29 is 22.8 Å². The monoisotopic (exact) mass is 440 g/mol. The number of alkyl halides is 3. The standard InChI is InChI=1S/C22H31F3N4O2/c1-21(2,26)20(31)29-9-7-14(8-10-29)18-11-15(13-28(18)3)19(30)27-17-6-4-5-16(12-17)22(23,24)25/h4-6,12,14-15,18H,7-11,13,26H2,1-3H3,(H,27,30). The lowest BCUT2D eigenvalue weighted by Gasteiger charge is -2.39. The summed E-state index contributed by atoms with van der Waals surface area (Å²) in [7, 11) is 1.97. The van der Waals surface area contributed by atoms with E-state index in [4.69, 9.17) is 5.73 Å². The van der Waals surface area contributed by atoms with Gasteiger partial charge in [0.15, 0.2) is 0 Å². The summed E-state index contributed by atoms with van der Waals surface area (Å²) < 4.78 is 38.7. The number of anilines is 1. The number of carbonyl (C=O) groups excluding carboxylic acids is 2. The van der Waals surface area contributed by atoms with E-state index in [-0.39, 0.29) is 29.5 Å². The minimum atomic E-state index is -4.45. The number of nitrogens with zero attached hydrogens (tertiary/aromatic N) is 2. The first-order chi connectivity index (χ1) is 14.4. The van der Waals surface area contributed by atoms with E-state index in [1.54, 1.807) is 13.8 Å². The van der Waals surface area contributed by atoms with E-state index < -0.39 is 17.3 Å². The first-order valence-electron chi connectivity index (χ1n) is 10.6. The highest BCUT2D eigenvalue weighted by atomic mass is 19.4. The molecule has 0 spiro atoms. The number of benzene rings is 1. The average Bonchev–Trinajstić information content (AvgIpc) is 3.08. The van der Waals surface area contributed by atoms with Crippen molar-refractivity contribution in [2.75, 3.05) is 32.0 Å². The van der Waals surface area contributed by atoms with Gasteiger partial charge in [-0.2, -0.15) is 13.2 Å². The van der Waals surface area contributed by atoms with Crippen LogP contribution in [0.4, 0.5) is 18.9 Å². The van der Waals surface area contributed by atoms with Gasteiger partial charge < -0.3 is 20.9 Å². The number of carbonyl (C=O) groups is 2. The molecule has 0 saturated carbocycles. The second-order valence-electron chi connectivity index (χ2n) is 9.36. The third kappa shape index (κ3) is 5.57. The van der Waals surface area contributed by atoms with Gasteiger partial charge in [0.25, 0.3) is 0 Å². The van der Waals surface area contributed by atoms with E-state index in [2.05, 4.69) is 10.2 Å². The minimum absolute atomic E-state index is 0.0518. The molecule has 1 aromatic carbocycles. The summed E-state index contributed by atoms with van der Waals surface area (Å²) in [5.74, 6) is -0.233. The summed E-state index contributed by atoms with van der Waals surface area (Å²) in [6.45, 7) is 5.27. The van der Waals surface area contributed by atoms with Crippen LogP contribution in [0, 0.1) is 11.8 Å². The molecular formula is C22H31F3N4O2. The lowest BCUT2D eigenvalue weighted by molar-refractivity contribution is -0.138. The lowest BCUT2D eigenvalue weighted by atomic mass is 9.86. The maximum atomic E-state index is 12.9. The van der Waals surface area contributed by atoms with Crippen LogP contribution in [-0.4, -0.2) is 59.9 Å². The Morgan fingerprint density at radius 2 is 1.81 bits per heavy atom. The van der Waals surface area contributed by atoms with Crippen molar-refractivity contribution in [2.45, 2.75) is 50.9 Å². The predicted octanol–water partition coefficient (Wildman–Crippen LogP) is 2.94. The van der Waals surface area contributed by atoms with Crippen LogP contribution in [-0.2, 0) is 15.8 Å². The smallest absolute Gasteiger partial charge is 0.341 e. The number of halogens is 3. The molecule has 1 aromatic rings. The molecule has 0 bridgehead atoms. The zero-order valence-corrected chi connectivity index (χ0v) is 18.2. The molecule has 2 fully saturated rings. The molecule has 0 radical (unpaired) electrons. The van der Waals surface area contributed by atoms with Crippen LogP contribution in [0.5, 0.6) is 0 Å². The van der Waals surface area contributed by atoms with Crippen molar-refractivity contribution in [1.82, 2.24) is 9.80 Å². The molecule has 6 nitrogen and oxygen atoms in total. The zero-order valence-electron chi connectivity index (χ0n) is 18.2. The van der Waals surface area contributed by atoms with Crippen molar-refractivity contribution in [3.8, 4) is 0 Å². The van der Waals surface area contributed by atoms with Crippen LogP contribution in [0.1, 0.15) is 38.7 Å². The maximum absolute atomic E-state index is 12.9. The van der Waals surface area contributed by atoms with Crippen molar-refractivity contribution in [3.05, 3.63) is 29.8 Å². The topological polar surface area (TPSA) is 78.7 Å². The largest absolute Gasteiger partial charge is 0.416 e. The zero-order chi connectivity index (χ0) is 23.0. The van der Waals surface area contributed by atoms with Crippen LogP contribution in [0.15, 0.2) is 24.3 Å². The normalized spacial score (nSPS) is 23.8. The third-order valence-corrected chi connectivity index (χ3v) is 6.35. The molecule has 0 aromatic heterocycles. The molecule has 2 unspecified atom stereocenters. The molecule has 0 aliphatic carbocycles. The minimum Gasteiger partial charge on any atom is -0.341 e. The van der Waals surface area contributed by atoms with Crippen molar-refractivity contribution in [1.29, 1.82) is 0 Å². The number of nitrogens with one attached hydrogen (secondary N) is 1. The van der Waals surface area contributed by atoms with Gasteiger partial charge in [0.2, 0.25) is 11.8 Å². The number of amides is 2. The fraction of sp³-hybridized carbons (Fsp3) is 0.636. The van der Waals surface area contributed by atoms with Crippen LogP contribution < -0.4 is 11.1 Å². The van der Waals surface area contributed by atoms with Crippen molar-refractivity contribution >= 4 is 17.5 Å². The van der Waals surface area contributed by atoms with Gasteiger partial charge in [-0.3, -0.25) is 9.59 Å². The number of hydrogen-bond donors (Lipinski definition) is 2. The molecule has 2 aliphatic heterocycles. The van der Waals surface area contributed by atoms with Crippen molar-refractivity contribution in [3.63, 3.8) is 0 Å². The van der Waals surface area contributed by atoms with Crippen molar-refractivity contribution in [2.24, 2.45) is 17.6 Å². The van der Waals surface area contributed by atoms with Gasteiger partial charge in [-0.05, 0) is 64.3 Å². The van der Waals surface area contributed by atoms with E-state index in [1.165, 1.54) is 12.1 Å². The fourth-order valence-electron chi connectivity index (χ4n) is 4.68. The molecule has 3 rings (SSSR count). The quantitative estimate of drug-likeness (QED) is 0.755. The molecule has 2 heterocycles. The first-order valence-corrected chi connectivity index (χ1v) is 10.6. The van der Waals surface area contributed by atoms with Crippen LogP contribution in [0.3, 0.4) is 0 Å². The Labute approximate surface area is 180 Å². The molecule has 3 N–H and O–H groups in total. The molecule has 2 amide bonds. The van der Waals surface area contributed by atoms with Gasteiger partial charge in [-0.1, -0.05) is 6.07 Å². The molecule has 9 heteroatoms. The summed E-state index contributed by atoms with van der Waals surface area (Å²) in [5.41, 5.74) is 4.42. The molecule has 2 saturated heterocycles. The molecule has 2 atom stereocenters. The fourth-order valence-corrected chi connectivity index (χ4v) is 4.68. The van der Waals surface area contributed by atoms with Crippen LogP contribution in [0.25, 0.3) is 0 Å². The van der Waals surface area contributed by atoms with Gasteiger partial charge in [0.05, 0.1) is 17.0 Å². The number of hydrogen-bond acceptors (Lipinski definition) is 4. The number of rotatable bonds is 4. The Hall–Kier alpha value is -2.13. The lowest BCUT2D eigenvalue weighted by Crippen LogP contribution is -2.54. The van der Waals surface area contributed by atoms with Crippen LogP contribution in [0.2, 0.25) is 0 Å². The average molecular weight is 441 g/mol. The summed E-state index contributed by atoms with van der Waals surface area (Å²) >= 11 is 0. The van der Waals surface area contributed by atoms with Crippen LogP contribution >= 0.6 is 0 Å². The van der Waals surface area contributed by atoms with E-state index >= 15 is 0 Å². The Balaban J connectivity index is 1.56. The summed E-state index contributed by atoms with van der Waals surface area (Å²) in [6.07, 6.45) is -2.10. The maximum Gasteiger partial charge on any atom is 0.416 e. The number of nitrogens with two attached hydrogens (primary N) is 1. The van der Waals surface area contributed by atoms with Gasteiger partial charge in [0, 0.05) is 31.4 Å². The second-order valence-corrected chi connectivity index (χ2v) is 9.36. The van der Waals surface area contributed by atoms with Gasteiger partial charge >= 0.3 is 6.18 Å². The van der Waals surface area contributed by atoms with Gasteiger partial charge in [-0.15, -0.1) is 0 Å². The Bertz CT molecular complexity index is 814. The molecule has 172 valence electrons. The Morgan fingerprint density at radius 3 is 2.39 bits per heavy atom. The highest BCUT2D eigenvalue weighted by molar-refractivity contribution is 5.93. The highest BCUT2D eigenvalue weighted by Gasteiger charge is 2.40. The van der Waals surface area contributed by atoms with Gasteiger partial charge in [0.1, 0.15) is 0 Å². The summed E-state index contributed by atoms with van der Waals surface area (Å²) in [6, 6.07) is 4.91. The van der Waals surface area contributed by atoms with E-state index in [1.807, 2.05) is 11.9 Å². The molecule has 2 aliphatic rings. The van der Waals surface area contributed by atoms with E-state index in [0.29, 0.717) is 32.0 Å². The second kappa shape index (κ2) is 8.78. The predicted molar refractivity (Wildman–Crippen MR) is 112 cm³/mol. The third-order valence-electron chi connectivity index (χ3n) is 6.35. The van der Waals surface area contributed by atoms with E-state index in [0.717, 1.165) is 25.0 Å². The Morgan fingerprint density at radius 1 is 1.16 bits per heavy atom. The first kappa shape index (κ1) is 23.5. The Kier molecular flexibility index (Phi) is 6.67. The van der Waals surface area contributed by atoms with Gasteiger partial charge in [-0.25, -0.2) is 0 Å². The highest BCUT2D eigenvalue weighted by Crippen LogP contribution is 2.34. The summed E-state index contributed by atoms with van der Waals surface area (Å²) in [4.78, 5) is 29.1. The summed E-state index contributed by atoms with van der Waals surface area (Å²) in [5, 5.41) is 2.65. The number of likely N-dealkylation sites (tertiary alicyclic amines) is 2. The molecular weight excluding hydrogens is 409 g/mol. The number of piperidine rings is 1. The molecule has 31 heavy (non-hydrogen) atoms. The van der Waals surface area contributed by atoms with E-state index in [9.17, 15) is 22.8 Å².